The van der Waals surface area contributed by atoms with Crippen molar-refractivity contribution < 1.29 is 8.91 Å². The van der Waals surface area contributed by atoms with Gasteiger partial charge in [-0.3, -0.25) is 0 Å². The van der Waals surface area contributed by atoms with E-state index in [1.807, 2.05) is 6.07 Å². The van der Waals surface area contributed by atoms with Crippen LogP contribution in [-0.4, -0.2) is 9.73 Å². The van der Waals surface area contributed by atoms with Crippen LogP contribution in [0.2, 0.25) is 0 Å². The van der Waals surface area contributed by atoms with Crippen LogP contribution in [0, 0.1) is 5.95 Å². The second-order valence-electron chi connectivity index (χ2n) is 4.38. The molecule has 0 radical (unpaired) electrons. The van der Waals surface area contributed by atoms with Crippen LogP contribution in [0.25, 0.3) is 0 Å². The summed E-state index contributed by atoms with van der Waals surface area (Å²) in [4.78, 5) is 0. The van der Waals surface area contributed by atoms with Gasteiger partial charge in [0, 0.05) is 10.7 Å². The van der Waals surface area contributed by atoms with E-state index in [4.69, 9.17) is 0 Å². The molecule has 0 unspecified atom stereocenters. The number of hydrogen-bond donors (Lipinski definition) is 0. The lowest BCUT2D eigenvalue weighted by molar-refractivity contribution is -0.651. The van der Waals surface area contributed by atoms with Crippen molar-refractivity contribution in [2.24, 2.45) is 0 Å². The average molecular weight is 194 g/mol. The number of fused-ring (bicyclic) bond motifs is 1. The fraction of sp³-hybridized carbons (Fsp3) is 0.400. The predicted octanol–water partition coefficient (Wildman–Crippen LogP) is 1.36. The van der Waals surface area contributed by atoms with E-state index in [9.17, 15) is 4.39 Å². The van der Waals surface area contributed by atoms with E-state index < -0.39 is 0 Å². The molecule has 2 aromatic heterocycles. The Balaban J connectivity index is 2.66. The third-order valence-corrected chi connectivity index (χ3v) is 2.24. The van der Waals surface area contributed by atoms with Crippen molar-refractivity contribution in [3.63, 3.8) is 0 Å². The molecule has 2 aromatic rings. The predicted molar refractivity (Wildman–Crippen MR) is 49.5 cm³/mol. The minimum atomic E-state index is -0.351. The first kappa shape index (κ1) is 9.12. The Kier molecular flexibility index (Phi) is 1.80. The Morgan fingerprint density at radius 2 is 2.14 bits per heavy atom. The van der Waals surface area contributed by atoms with Gasteiger partial charge in [0.1, 0.15) is 6.20 Å². The molecule has 0 fully saturated rings. The number of nitrogens with zero attached hydrogens (tertiary/aromatic N) is 3. The average Bonchev–Trinajstić information content (AvgIpc) is 2.46. The quantitative estimate of drug-likeness (QED) is 0.580. The maximum atomic E-state index is 13.2. The first-order valence-electron chi connectivity index (χ1n) is 4.54. The highest BCUT2D eigenvalue weighted by Gasteiger charge is 2.18. The third-order valence-electron chi connectivity index (χ3n) is 2.24. The largest absolute Gasteiger partial charge is 0.347 e. The van der Waals surface area contributed by atoms with Gasteiger partial charge in [0.15, 0.2) is 0 Å². The van der Waals surface area contributed by atoms with E-state index in [0.29, 0.717) is 0 Å². The molecule has 14 heavy (non-hydrogen) atoms. The van der Waals surface area contributed by atoms with E-state index >= 15 is 0 Å². The van der Waals surface area contributed by atoms with Crippen LogP contribution < -0.4 is 4.52 Å². The van der Waals surface area contributed by atoms with Gasteiger partial charge in [-0.15, -0.1) is 0 Å². The summed E-state index contributed by atoms with van der Waals surface area (Å²) in [6, 6.07) is 1.95. The smallest absolute Gasteiger partial charge is 0.153 e. The monoisotopic (exact) mass is 194 g/mol. The Hall–Kier alpha value is -1.45. The molecule has 74 valence electrons. The van der Waals surface area contributed by atoms with E-state index in [1.54, 1.807) is 12.4 Å². The molecule has 0 saturated carbocycles. The summed E-state index contributed by atoms with van der Waals surface area (Å²) < 4.78 is 16.0. The molecule has 3 nitrogen and oxygen atoms in total. The summed E-state index contributed by atoms with van der Waals surface area (Å²) in [5.41, 5.74) is 1.10. The lowest BCUT2D eigenvalue weighted by Gasteiger charge is -2.16. The maximum absolute atomic E-state index is 13.2. The standard InChI is InChI=1S/C10H13FN3/c1-10(2,3)8-4-5-14-12-6-9(11)13(14)7-8/h4-7H,1-3H3/q+1. The van der Waals surface area contributed by atoms with Crippen LogP contribution >= 0.6 is 0 Å². The van der Waals surface area contributed by atoms with E-state index in [0.717, 1.165) is 5.56 Å². The van der Waals surface area contributed by atoms with Crippen LogP contribution in [0.3, 0.4) is 0 Å². The van der Waals surface area contributed by atoms with Gasteiger partial charge in [-0.2, -0.15) is 4.39 Å². The lowest BCUT2D eigenvalue weighted by Crippen LogP contribution is -2.33. The van der Waals surface area contributed by atoms with E-state index in [2.05, 4.69) is 25.9 Å². The number of halogens is 1. The Bertz CT molecular complexity index is 468. The number of rotatable bonds is 0. The molecule has 0 aliphatic heterocycles. The molecule has 0 N–H and O–H groups in total. The number of aromatic nitrogens is 3. The fourth-order valence-corrected chi connectivity index (χ4v) is 1.32. The third kappa shape index (κ3) is 1.36. The molecular weight excluding hydrogens is 181 g/mol. The van der Waals surface area contributed by atoms with Crippen LogP contribution in [0.1, 0.15) is 26.3 Å². The van der Waals surface area contributed by atoms with Crippen LogP contribution in [-0.2, 0) is 5.41 Å². The van der Waals surface area contributed by atoms with Crippen molar-refractivity contribution >= 4 is 0 Å². The molecule has 0 saturated heterocycles. The van der Waals surface area contributed by atoms with Crippen LogP contribution in [0.4, 0.5) is 4.39 Å². The topological polar surface area (TPSA) is 21.4 Å². The summed E-state index contributed by atoms with van der Waals surface area (Å²) in [6.07, 6.45) is 4.72. The van der Waals surface area contributed by atoms with E-state index in [-0.39, 0.29) is 11.4 Å². The first-order chi connectivity index (χ1) is 6.48. The van der Waals surface area contributed by atoms with Gasteiger partial charge < -0.3 is 0 Å². The fourth-order valence-electron chi connectivity index (χ4n) is 1.32. The molecule has 0 aliphatic carbocycles. The normalized spacial score (nSPS) is 12.3. The van der Waals surface area contributed by atoms with Crippen molar-refractivity contribution in [2.45, 2.75) is 26.2 Å². The maximum Gasteiger partial charge on any atom is 0.347 e. The van der Waals surface area contributed by atoms with Gasteiger partial charge in [0.05, 0.1) is 6.20 Å². The van der Waals surface area contributed by atoms with Crippen LogP contribution in [0.15, 0.2) is 24.7 Å². The summed E-state index contributed by atoms with van der Waals surface area (Å²) in [7, 11) is 0. The van der Waals surface area contributed by atoms with Gasteiger partial charge in [-0.1, -0.05) is 25.3 Å². The van der Waals surface area contributed by atoms with E-state index in [1.165, 1.54) is 15.3 Å². The summed E-state index contributed by atoms with van der Waals surface area (Å²) >= 11 is 0. The van der Waals surface area contributed by atoms with Crippen molar-refractivity contribution in [1.29, 1.82) is 0 Å². The van der Waals surface area contributed by atoms with Gasteiger partial charge in [-0.05, 0) is 16.1 Å². The second kappa shape index (κ2) is 2.77. The zero-order chi connectivity index (χ0) is 10.3. The zero-order valence-electron chi connectivity index (χ0n) is 8.53. The summed E-state index contributed by atoms with van der Waals surface area (Å²) in [5.74, 6) is -0.351. The van der Waals surface area contributed by atoms with Crippen molar-refractivity contribution in [3.8, 4) is 0 Å². The first-order valence-corrected chi connectivity index (χ1v) is 4.54. The SMILES string of the molecule is CC(C)(C)c1ccn2ncc(F)[n+]2c1. The Morgan fingerprint density at radius 1 is 1.43 bits per heavy atom. The molecule has 0 aliphatic rings. The molecule has 2 heterocycles. The second-order valence-corrected chi connectivity index (χ2v) is 4.38. The van der Waals surface area contributed by atoms with Gasteiger partial charge >= 0.3 is 5.95 Å². The minimum absolute atomic E-state index is 0.0193. The molecule has 4 heteroatoms. The molecule has 0 atom stereocenters. The van der Waals surface area contributed by atoms with Gasteiger partial charge in [0.25, 0.3) is 0 Å². The molecule has 0 bridgehead atoms. The Morgan fingerprint density at radius 3 is 2.79 bits per heavy atom. The highest BCUT2D eigenvalue weighted by atomic mass is 19.1. The molecule has 2 rings (SSSR count). The highest BCUT2D eigenvalue weighted by Crippen LogP contribution is 2.19. The molecule has 0 aromatic carbocycles. The van der Waals surface area contributed by atoms with Crippen molar-refractivity contribution in [1.82, 2.24) is 9.73 Å². The van der Waals surface area contributed by atoms with Crippen molar-refractivity contribution in [3.05, 3.63) is 36.2 Å². The molecule has 0 amide bonds. The van der Waals surface area contributed by atoms with Crippen LogP contribution in [0.5, 0.6) is 0 Å². The zero-order valence-corrected chi connectivity index (χ0v) is 8.53. The van der Waals surface area contributed by atoms with Gasteiger partial charge in [0.2, 0.25) is 6.20 Å². The minimum Gasteiger partial charge on any atom is -0.153 e. The molecule has 0 spiro atoms. The summed E-state index contributed by atoms with van der Waals surface area (Å²) in [5, 5.41) is 3.85. The number of hydrogen-bond acceptors (Lipinski definition) is 1. The molecular formula is C10H13FN3+. The highest BCUT2D eigenvalue weighted by molar-refractivity contribution is 5.14. The van der Waals surface area contributed by atoms with Gasteiger partial charge in [-0.25, -0.2) is 0 Å². The lowest BCUT2D eigenvalue weighted by atomic mass is 9.89. The summed E-state index contributed by atoms with van der Waals surface area (Å²) in [6.45, 7) is 6.27. The Labute approximate surface area is 81.8 Å². The van der Waals surface area contributed by atoms with Crippen molar-refractivity contribution in [2.75, 3.05) is 0 Å².